The molecule has 0 aromatic rings. The Hall–Kier alpha value is -0.593. The van der Waals surface area contributed by atoms with E-state index < -0.39 is 26.1 Å². The van der Waals surface area contributed by atoms with Gasteiger partial charge in [0.1, 0.15) is 0 Å². The van der Waals surface area contributed by atoms with Crippen molar-refractivity contribution in [1.82, 2.24) is 4.90 Å². The standard InChI is InChI=1S/C14H31NO4Si/c1-13(2,3)15(12(17)18)9-11(10-16)19-20(7,8)14(4,5)6/h11,16H,9-10H2,1-8H3,(H,17,18)/t11-/m1/s1. The predicted molar refractivity (Wildman–Crippen MR) is 83.6 cm³/mol. The van der Waals surface area contributed by atoms with Crippen molar-refractivity contribution >= 4 is 14.4 Å². The maximum absolute atomic E-state index is 11.4. The average molecular weight is 305 g/mol. The van der Waals surface area contributed by atoms with E-state index in [1.807, 2.05) is 20.8 Å². The highest BCUT2D eigenvalue weighted by Crippen LogP contribution is 2.37. The average Bonchev–Trinajstić information content (AvgIpc) is 2.19. The maximum atomic E-state index is 11.4. The van der Waals surface area contributed by atoms with Crippen molar-refractivity contribution in [3.63, 3.8) is 0 Å². The SMILES string of the molecule is CC(C)(C)N(C[C@H](CO)O[Si](C)(C)C(C)(C)C)C(=O)O. The number of amides is 1. The van der Waals surface area contributed by atoms with Crippen LogP contribution in [-0.4, -0.2) is 54.3 Å². The Morgan fingerprint density at radius 2 is 1.65 bits per heavy atom. The van der Waals surface area contributed by atoms with Crippen LogP contribution >= 0.6 is 0 Å². The molecule has 0 aliphatic heterocycles. The van der Waals surface area contributed by atoms with E-state index >= 15 is 0 Å². The number of rotatable bonds is 5. The van der Waals surface area contributed by atoms with Gasteiger partial charge in [-0.05, 0) is 38.9 Å². The molecule has 0 heterocycles. The largest absolute Gasteiger partial charge is 0.465 e. The lowest BCUT2D eigenvalue weighted by molar-refractivity contribution is 0.0357. The molecule has 0 radical (unpaired) electrons. The minimum Gasteiger partial charge on any atom is -0.465 e. The van der Waals surface area contributed by atoms with Crippen molar-refractivity contribution in [3.8, 4) is 0 Å². The quantitative estimate of drug-likeness (QED) is 0.766. The summed E-state index contributed by atoms with van der Waals surface area (Å²) >= 11 is 0. The number of carbonyl (C=O) groups is 1. The Morgan fingerprint density at radius 3 is 1.90 bits per heavy atom. The number of aliphatic hydroxyl groups excluding tert-OH is 1. The molecule has 0 spiro atoms. The van der Waals surface area contributed by atoms with Gasteiger partial charge in [-0.25, -0.2) is 4.79 Å². The summed E-state index contributed by atoms with van der Waals surface area (Å²) in [6, 6.07) is 0. The number of nitrogens with zero attached hydrogens (tertiary/aromatic N) is 1. The van der Waals surface area contributed by atoms with E-state index in [0.29, 0.717) is 0 Å². The molecule has 0 aliphatic carbocycles. The first-order valence-electron chi connectivity index (χ1n) is 7.01. The van der Waals surface area contributed by atoms with Gasteiger partial charge in [0, 0.05) is 5.54 Å². The van der Waals surface area contributed by atoms with E-state index in [0.717, 1.165) is 0 Å². The fraction of sp³-hybridized carbons (Fsp3) is 0.929. The maximum Gasteiger partial charge on any atom is 0.407 e. The lowest BCUT2D eigenvalue weighted by atomic mass is 10.1. The molecule has 120 valence electrons. The minimum absolute atomic E-state index is 0.0240. The monoisotopic (exact) mass is 305 g/mol. The van der Waals surface area contributed by atoms with Crippen molar-refractivity contribution in [3.05, 3.63) is 0 Å². The third-order valence-electron chi connectivity index (χ3n) is 3.90. The minimum atomic E-state index is -2.03. The second-order valence-corrected chi connectivity index (χ2v) is 12.5. The molecule has 0 aromatic heterocycles. The molecule has 0 saturated carbocycles. The Bertz CT molecular complexity index is 331. The van der Waals surface area contributed by atoms with Crippen molar-refractivity contribution in [1.29, 1.82) is 0 Å². The smallest absolute Gasteiger partial charge is 0.407 e. The zero-order valence-electron chi connectivity index (χ0n) is 14.1. The van der Waals surface area contributed by atoms with Crippen LogP contribution in [0.5, 0.6) is 0 Å². The zero-order chi connectivity index (χ0) is 16.4. The van der Waals surface area contributed by atoms with Crippen LogP contribution < -0.4 is 0 Å². The summed E-state index contributed by atoms with van der Waals surface area (Å²) in [5.41, 5.74) is -0.518. The summed E-state index contributed by atoms with van der Waals surface area (Å²) < 4.78 is 6.11. The summed E-state index contributed by atoms with van der Waals surface area (Å²) in [5.74, 6) is 0. The van der Waals surface area contributed by atoms with Crippen molar-refractivity contribution in [2.24, 2.45) is 0 Å². The van der Waals surface area contributed by atoms with Crippen LogP contribution in [-0.2, 0) is 4.43 Å². The van der Waals surface area contributed by atoms with Gasteiger partial charge in [-0.15, -0.1) is 0 Å². The Morgan fingerprint density at radius 1 is 1.20 bits per heavy atom. The van der Waals surface area contributed by atoms with Crippen LogP contribution in [0.15, 0.2) is 0 Å². The van der Waals surface area contributed by atoms with Gasteiger partial charge in [-0.1, -0.05) is 20.8 Å². The topological polar surface area (TPSA) is 70.0 Å². The third kappa shape index (κ3) is 5.42. The van der Waals surface area contributed by atoms with Crippen LogP contribution in [0.25, 0.3) is 0 Å². The highest BCUT2D eigenvalue weighted by atomic mass is 28.4. The van der Waals surface area contributed by atoms with E-state index in [1.54, 1.807) is 0 Å². The number of hydrogen-bond donors (Lipinski definition) is 2. The van der Waals surface area contributed by atoms with Crippen LogP contribution in [0.1, 0.15) is 41.5 Å². The van der Waals surface area contributed by atoms with Crippen molar-refractivity contribution in [2.75, 3.05) is 13.2 Å². The fourth-order valence-electron chi connectivity index (χ4n) is 1.57. The van der Waals surface area contributed by atoms with E-state index in [1.165, 1.54) is 4.90 Å². The molecule has 0 aliphatic rings. The highest BCUT2D eigenvalue weighted by Gasteiger charge is 2.40. The summed E-state index contributed by atoms with van der Waals surface area (Å²) in [5, 5.41) is 18.9. The molecule has 1 amide bonds. The first-order valence-corrected chi connectivity index (χ1v) is 9.92. The van der Waals surface area contributed by atoms with Crippen LogP contribution in [0.3, 0.4) is 0 Å². The van der Waals surface area contributed by atoms with Gasteiger partial charge in [-0.2, -0.15) is 0 Å². The van der Waals surface area contributed by atoms with Gasteiger partial charge < -0.3 is 19.5 Å². The summed E-state index contributed by atoms with van der Waals surface area (Å²) in [6.07, 6.45) is -1.47. The molecule has 0 rings (SSSR count). The molecular weight excluding hydrogens is 274 g/mol. The van der Waals surface area contributed by atoms with Gasteiger partial charge in [-0.3, -0.25) is 0 Å². The van der Waals surface area contributed by atoms with Crippen LogP contribution in [0, 0.1) is 0 Å². The lowest BCUT2D eigenvalue weighted by Gasteiger charge is -2.41. The molecule has 5 nitrogen and oxygen atoms in total. The van der Waals surface area contributed by atoms with Gasteiger partial charge in [0.2, 0.25) is 0 Å². The second-order valence-electron chi connectivity index (χ2n) is 7.75. The van der Waals surface area contributed by atoms with E-state index in [9.17, 15) is 15.0 Å². The molecule has 0 fully saturated rings. The van der Waals surface area contributed by atoms with E-state index in [2.05, 4.69) is 33.9 Å². The van der Waals surface area contributed by atoms with E-state index in [-0.39, 0.29) is 18.2 Å². The van der Waals surface area contributed by atoms with Gasteiger partial charge in [0.15, 0.2) is 8.32 Å². The third-order valence-corrected chi connectivity index (χ3v) is 8.43. The van der Waals surface area contributed by atoms with Crippen LogP contribution in [0.2, 0.25) is 18.1 Å². The fourth-order valence-corrected chi connectivity index (χ4v) is 2.90. The predicted octanol–water partition coefficient (Wildman–Crippen LogP) is 3.15. The molecule has 6 heteroatoms. The number of hydrogen-bond acceptors (Lipinski definition) is 3. The Kier molecular flexibility index (Phi) is 6.26. The number of aliphatic hydroxyl groups is 1. The molecule has 20 heavy (non-hydrogen) atoms. The van der Waals surface area contributed by atoms with E-state index in [4.69, 9.17) is 4.43 Å². The molecule has 1 atom stereocenters. The van der Waals surface area contributed by atoms with Gasteiger partial charge >= 0.3 is 6.09 Å². The van der Waals surface area contributed by atoms with Crippen LogP contribution in [0.4, 0.5) is 4.79 Å². The van der Waals surface area contributed by atoms with Crippen molar-refractivity contribution < 1.29 is 19.4 Å². The molecule has 2 N–H and O–H groups in total. The van der Waals surface area contributed by atoms with Crippen molar-refractivity contribution in [2.45, 2.75) is 71.3 Å². The number of carboxylic acid groups (broad SMARTS) is 1. The van der Waals surface area contributed by atoms with Gasteiger partial charge in [0.05, 0.1) is 19.3 Å². The molecule has 0 saturated heterocycles. The first-order chi connectivity index (χ1) is 8.72. The first kappa shape index (κ1) is 19.4. The van der Waals surface area contributed by atoms with Gasteiger partial charge in [0.25, 0.3) is 0 Å². The second kappa shape index (κ2) is 6.45. The molecule has 0 unspecified atom stereocenters. The Labute approximate surface area is 124 Å². The highest BCUT2D eigenvalue weighted by molar-refractivity contribution is 6.74. The summed E-state index contributed by atoms with van der Waals surface area (Å²) in [7, 11) is -2.03. The molecule has 0 bridgehead atoms. The normalized spacial score (nSPS) is 15.1. The molecular formula is C14H31NO4Si. The zero-order valence-corrected chi connectivity index (χ0v) is 15.1. The summed E-state index contributed by atoms with van der Waals surface area (Å²) in [4.78, 5) is 12.7. The summed E-state index contributed by atoms with van der Waals surface area (Å²) in [6.45, 7) is 16.1. The molecule has 0 aromatic carbocycles. The lowest BCUT2D eigenvalue weighted by Crippen LogP contribution is -2.53. The Balaban J connectivity index is 4.99.